The fourth-order valence-corrected chi connectivity index (χ4v) is 3.16. The molecule has 4 rings (SSSR count). The van der Waals surface area contributed by atoms with Crippen LogP contribution in [0.2, 0.25) is 0 Å². The minimum absolute atomic E-state index is 0.0917. The van der Waals surface area contributed by atoms with Crippen LogP contribution in [0.5, 0.6) is 5.75 Å². The molecular weight excluding hydrogens is 455 g/mol. The van der Waals surface area contributed by atoms with Crippen LogP contribution in [0.4, 0.5) is 14.7 Å². The minimum atomic E-state index is -2.91. The van der Waals surface area contributed by atoms with Crippen molar-refractivity contribution in [1.82, 2.24) is 20.2 Å². The Hall–Kier alpha value is -2.56. The van der Waals surface area contributed by atoms with Gasteiger partial charge in [0.25, 0.3) is 0 Å². The van der Waals surface area contributed by atoms with Gasteiger partial charge in [-0.05, 0) is 62.9 Å². The molecule has 0 amide bonds. The first kappa shape index (κ1) is 16.9. The van der Waals surface area contributed by atoms with Crippen molar-refractivity contribution in [2.45, 2.75) is 12.7 Å². The zero-order valence-corrected chi connectivity index (χ0v) is 15.3. The summed E-state index contributed by atoms with van der Waals surface area (Å²) in [7, 11) is 0. The lowest BCUT2D eigenvalue weighted by atomic mass is 10.0. The number of hydrogen-bond acceptors (Lipinski definition) is 5. The van der Waals surface area contributed by atoms with Gasteiger partial charge in [-0.2, -0.15) is 13.5 Å². The maximum Gasteiger partial charge on any atom is 0.387 e. The van der Waals surface area contributed by atoms with E-state index in [1.54, 1.807) is 18.2 Å². The molecular formula is C17H12F2IN5O. The number of allylic oxidation sites excluding steroid dienone is 1. The Morgan fingerprint density at radius 2 is 1.88 bits per heavy atom. The van der Waals surface area contributed by atoms with Gasteiger partial charge in [-0.3, -0.25) is 0 Å². The van der Waals surface area contributed by atoms with E-state index in [-0.39, 0.29) is 5.75 Å². The summed E-state index contributed by atoms with van der Waals surface area (Å²) in [6, 6.07) is 14.1. The molecule has 9 heteroatoms. The maximum atomic E-state index is 12.8. The number of nitrogens with zero attached hydrogens (tertiary/aromatic N) is 4. The zero-order chi connectivity index (χ0) is 18.1. The summed E-state index contributed by atoms with van der Waals surface area (Å²) < 4.78 is 32.9. The lowest BCUT2D eigenvalue weighted by molar-refractivity contribution is -0.0506. The predicted octanol–water partition coefficient (Wildman–Crippen LogP) is 3.94. The van der Waals surface area contributed by atoms with Gasteiger partial charge in [-0.15, -0.1) is 0 Å². The molecule has 6 nitrogen and oxygen atoms in total. The van der Waals surface area contributed by atoms with Gasteiger partial charge in [0.1, 0.15) is 11.8 Å². The molecule has 2 aromatic carbocycles. The van der Waals surface area contributed by atoms with Gasteiger partial charge < -0.3 is 10.1 Å². The van der Waals surface area contributed by atoms with Crippen molar-refractivity contribution in [1.29, 1.82) is 0 Å². The molecule has 1 aliphatic rings. The third-order valence-corrected chi connectivity index (χ3v) is 4.66. The van der Waals surface area contributed by atoms with E-state index in [0.717, 1.165) is 14.8 Å². The fraction of sp³-hybridized carbons (Fsp3) is 0.118. The van der Waals surface area contributed by atoms with E-state index >= 15 is 0 Å². The minimum Gasteiger partial charge on any atom is -0.434 e. The SMILES string of the molecule is FC(F)Oc1ccccc1[C@H]1C=C(c2ccc(I)cc2)Nc2nnnn21. The first-order valence-electron chi connectivity index (χ1n) is 7.68. The van der Waals surface area contributed by atoms with Gasteiger partial charge in [0.2, 0.25) is 5.95 Å². The average molecular weight is 467 g/mol. The topological polar surface area (TPSA) is 64.9 Å². The molecule has 0 saturated carbocycles. The molecule has 0 unspecified atom stereocenters. The van der Waals surface area contributed by atoms with Crippen LogP contribution in [-0.2, 0) is 0 Å². The number of para-hydroxylation sites is 1. The highest BCUT2D eigenvalue weighted by atomic mass is 127. The highest BCUT2D eigenvalue weighted by molar-refractivity contribution is 14.1. The number of ether oxygens (including phenoxy) is 1. The van der Waals surface area contributed by atoms with Gasteiger partial charge >= 0.3 is 6.61 Å². The van der Waals surface area contributed by atoms with E-state index < -0.39 is 12.7 Å². The number of hydrogen-bond donors (Lipinski definition) is 1. The maximum absolute atomic E-state index is 12.8. The van der Waals surface area contributed by atoms with Gasteiger partial charge in [-0.1, -0.05) is 35.4 Å². The van der Waals surface area contributed by atoms with Crippen LogP contribution in [-0.4, -0.2) is 26.8 Å². The molecule has 132 valence electrons. The van der Waals surface area contributed by atoms with E-state index in [0.29, 0.717) is 11.5 Å². The van der Waals surface area contributed by atoms with Crippen LogP contribution in [0.3, 0.4) is 0 Å². The molecule has 0 radical (unpaired) electrons. The Morgan fingerprint density at radius 1 is 1.12 bits per heavy atom. The summed E-state index contributed by atoms with van der Waals surface area (Å²) in [5, 5.41) is 14.8. The van der Waals surface area contributed by atoms with E-state index in [2.05, 4.69) is 48.2 Å². The number of tetrazole rings is 1. The molecule has 0 aliphatic carbocycles. The first-order valence-corrected chi connectivity index (χ1v) is 8.76. The Morgan fingerprint density at radius 3 is 2.65 bits per heavy atom. The molecule has 1 N–H and O–H groups in total. The van der Waals surface area contributed by atoms with Crippen LogP contribution in [0, 0.1) is 3.57 Å². The van der Waals surface area contributed by atoms with Gasteiger partial charge in [0.05, 0.1) is 0 Å². The molecule has 1 atom stereocenters. The van der Waals surface area contributed by atoms with Crippen LogP contribution >= 0.6 is 22.6 Å². The van der Waals surface area contributed by atoms with E-state index in [9.17, 15) is 8.78 Å². The summed E-state index contributed by atoms with van der Waals surface area (Å²) in [6.07, 6.45) is 1.89. The van der Waals surface area contributed by atoms with Crippen LogP contribution in [0.15, 0.2) is 54.6 Å². The monoisotopic (exact) mass is 467 g/mol. The summed E-state index contributed by atoms with van der Waals surface area (Å²) in [5.74, 6) is 0.520. The number of benzene rings is 2. The molecule has 2 heterocycles. The quantitative estimate of drug-likeness (QED) is 0.590. The second-order valence-electron chi connectivity index (χ2n) is 5.52. The predicted molar refractivity (Wildman–Crippen MR) is 99.8 cm³/mol. The number of aromatic nitrogens is 4. The van der Waals surface area contributed by atoms with Gasteiger partial charge in [0, 0.05) is 14.8 Å². The molecule has 0 spiro atoms. The number of fused-ring (bicyclic) bond motifs is 1. The van der Waals surface area contributed by atoms with Crippen LogP contribution < -0.4 is 10.1 Å². The second kappa shape index (κ2) is 6.98. The van der Waals surface area contributed by atoms with E-state index in [4.69, 9.17) is 0 Å². The lowest BCUT2D eigenvalue weighted by Gasteiger charge is -2.24. The van der Waals surface area contributed by atoms with Gasteiger partial charge in [0.15, 0.2) is 0 Å². The Labute approximate surface area is 161 Å². The van der Waals surface area contributed by atoms with Crippen molar-refractivity contribution in [3.63, 3.8) is 0 Å². The third-order valence-electron chi connectivity index (χ3n) is 3.94. The Kier molecular flexibility index (Phi) is 4.53. The highest BCUT2D eigenvalue weighted by Gasteiger charge is 2.27. The van der Waals surface area contributed by atoms with E-state index in [1.807, 2.05) is 30.3 Å². The van der Waals surface area contributed by atoms with Crippen molar-refractivity contribution in [2.75, 3.05) is 5.32 Å². The fourth-order valence-electron chi connectivity index (χ4n) is 2.80. The molecule has 0 fully saturated rings. The highest BCUT2D eigenvalue weighted by Crippen LogP contribution is 2.36. The van der Waals surface area contributed by atoms with Crippen LogP contribution in [0.25, 0.3) is 5.70 Å². The molecule has 26 heavy (non-hydrogen) atoms. The van der Waals surface area contributed by atoms with Crippen molar-refractivity contribution < 1.29 is 13.5 Å². The van der Waals surface area contributed by atoms with Crippen molar-refractivity contribution in [2.24, 2.45) is 0 Å². The van der Waals surface area contributed by atoms with Crippen molar-refractivity contribution in [3.05, 3.63) is 69.3 Å². The zero-order valence-electron chi connectivity index (χ0n) is 13.2. The number of nitrogens with one attached hydrogen (secondary N) is 1. The normalized spacial score (nSPS) is 16.0. The first-order chi connectivity index (χ1) is 12.6. The van der Waals surface area contributed by atoms with Crippen molar-refractivity contribution >= 4 is 34.2 Å². The standard InChI is InChI=1S/C17H12F2IN5O/c18-16(19)26-15-4-2-1-3-12(15)14-9-13(10-5-7-11(20)8-6-10)21-17-22-23-24-25(14)17/h1-9,14,16H,(H,21,22,24)/t14-/m1/s1. The molecule has 1 aromatic heterocycles. The molecule has 0 bridgehead atoms. The second-order valence-corrected chi connectivity index (χ2v) is 6.77. The summed E-state index contributed by atoms with van der Waals surface area (Å²) in [4.78, 5) is 0. The smallest absolute Gasteiger partial charge is 0.387 e. The summed E-state index contributed by atoms with van der Waals surface area (Å²) >= 11 is 2.23. The Bertz CT molecular complexity index is 958. The molecule has 0 saturated heterocycles. The number of halogens is 3. The van der Waals surface area contributed by atoms with E-state index in [1.165, 1.54) is 10.7 Å². The molecule has 3 aromatic rings. The average Bonchev–Trinajstić information content (AvgIpc) is 3.10. The summed E-state index contributed by atoms with van der Waals surface area (Å²) in [6.45, 7) is -2.91. The number of rotatable bonds is 4. The number of alkyl halides is 2. The van der Waals surface area contributed by atoms with Gasteiger partial charge in [-0.25, -0.2) is 0 Å². The largest absolute Gasteiger partial charge is 0.434 e. The van der Waals surface area contributed by atoms with Crippen LogP contribution in [0.1, 0.15) is 17.2 Å². The third kappa shape index (κ3) is 3.26. The summed E-state index contributed by atoms with van der Waals surface area (Å²) in [5.41, 5.74) is 2.28. The number of anilines is 1. The molecule has 1 aliphatic heterocycles. The lowest BCUT2D eigenvalue weighted by Crippen LogP contribution is -2.21. The van der Waals surface area contributed by atoms with Crippen molar-refractivity contribution in [3.8, 4) is 5.75 Å². The Balaban J connectivity index is 1.81.